The highest BCUT2D eigenvalue weighted by molar-refractivity contribution is 9.10. The highest BCUT2D eigenvalue weighted by atomic mass is 79.9. The van der Waals surface area contributed by atoms with Crippen molar-refractivity contribution in [3.05, 3.63) is 22.8 Å². The fraction of sp³-hybridized carbons (Fsp3) is 0.500. The van der Waals surface area contributed by atoms with Crippen LogP contribution in [0.25, 0.3) is 5.65 Å². The summed E-state index contributed by atoms with van der Waals surface area (Å²) in [6.45, 7) is 2.68. The summed E-state index contributed by atoms with van der Waals surface area (Å²) in [4.78, 5) is 4.41. The van der Waals surface area contributed by atoms with Gasteiger partial charge < -0.3 is 15.8 Å². The fourth-order valence-electron chi connectivity index (χ4n) is 2.30. The minimum absolute atomic E-state index is 0.0841. The van der Waals surface area contributed by atoms with Crippen molar-refractivity contribution in [2.75, 3.05) is 11.9 Å². The first kappa shape index (κ1) is 12.8. The van der Waals surface area contributed by atoms with Crippen molar-refractivity contribution < 1.29 is 4.74 Å². The molecule has 2 heterocycles. The van der Waals surface area contributed by atoms with Gasteiger partial charge in [-0.1, -0.05) is 0 Å². The maximum absolute atomic E-state index is 6.00. The Morgan fingerprint density at radius 1 is 1.58 bits per heavy atom. The lowest BCUT2D eigenvalue weighted by Gasteiger charge is -2.42. The van der Waals surface area contributed by atoms with Gasteiger partial charge in [0.25, 0.3) is 0 Å². The van der Waals surface area contributed by atoms with Crippen LogP contribution in [0.3, 0.4) is 0 Å². The number of anilines is 1. The molecule has 0 amide bonds. The van der Waals surface area contributed by atoms with E-state index in [0.717, 1.165) is 16.5 Å². The van der Waals surface area contributed by atoms with Crippen LogP contribution in [0.15, 0.2) is 22.8 Å². The summed E-state index contributed by atoms with van der Waals surface area (Å²) in [6, 6.07) is 4.02. The molecule has 2 aromatic heterocycles. The summed E-state index contributed by atoms with van der Waals surface area (Å²) in [7, 11) is 0. The Bertz CT molecular complexity index is 585. The van der Waals surface area contributed by atoms with Crippen LogP contribution < -0.4 is 11.1 Å². The van der Waals surface area contributed by atoms with Crippen molar-refractivity contribution in [1.82, 2.24) is 14.6 Å². The maximum atomic E-state index is 6.00. The second-order valence-corrected chi connectivity index (χ2v) is 5.56. The largest absolute Gasteiger partial charge is 0.376 e. The van der Waals surface area contributed by atoms with Crippen LogP contribution in [0.4, 0.5) is 5.95 Å². The molecule has 1 aliphatic carbocycles. The number of aromatic nitrogens is 3. The molecular formula is C12H16BrN5O. The number of nitrogens with zero attached hydrogens (tertiary/aromatic N) is 3. The Labute approximate surface area is 119 Å². The van der Waals surface area contributed by atoms with Gasteiger partial charge in [0.1, 0.15) is 0 Å². The van der Waals surface area contributed by atoms with Crippen LogP contribution in [0.2, 0.25) is 0 Å². The van der Waals surface area contributed by atoms with E-state index >= 15 is 0 Å². The smallest absolute Gasteiger partial charge is 0.243 e. The normalized spacial score (nSPS) is 26.4. The Kier molecular flexibility index (Phi) is 3.42. The van der Waals surface area contributed by atoms with Crippen molar-refractivity contribution in [3.63, 3.8) is 0 Å². The molecule has 1 saturated carbocycles. The average molecular weight is 326 g/mol. The number of nitrogens with one attached hydrogen (secondary N) is 1. The molecule has 0 bridgehead atoms. The molecule has 102 valence electrons. The predicted octanol–water partition coefficient (Wildman–Crippen LogP) is 1.41. The summed E-state index contributed by atoms with van der Waals surface area (Å²) in [5.41, 5.74) is 6.79. The topological polar surface area (TPSA) is 77.5 Å². The third kappa shape index (κ3) is 2.45. The summed E-state index contributed by atoms with van der Waals surface area (Å²) in [6.07, 6.45) is 2.90. The van der Waals surface area contributed by atoms with Crippen LogP contribution in [-0.2, 0) is 4.74 Å². The number of halogens is 1. The second-order valence-electron chi connectivity index (χ2n) is 4.65. The molecule has 19 heavy (non-hydrogen) atoms. The van der Waals surface area contributed by atoms with Gasteiger partial charge in [0.05, 0.1) is 12.1 Å². The van der Waals surface area contributed by atoms with E-state index in [0.29, 0.717) is 12.6 Å². The van der Waals surface area contributed by atoms with E-state index in [2.05, 4.69) is 31.3 Å². The van der Waals surface area contributed by atoms with E-state index in [1.807, 2.05) is 25.3 Å². The van der Waals surface area contributed by atoms with Gasteiger partial charge in [0.15, 0.2) is 5.65 Å². The Balaban J connectivity index is 1.77. The van der Waals surface area contributed by atoms with Crippen molar-refractivity contribution in [3.8, 4) is 0 Å². The summed E-state index contributed by atoms with van der Waals surface area (Å²) in [5.74, 6) is 0.586. The van der Waals surface area contributed by atoms with Gasteiger partial charge >= 0.3 is 0 Å². The predicted molar refractivity (Wildman–Crippen MR) is 76.1 cm³/mol. The summed E-state index contributed by atoms with van der Waals surface area (Å²) >= 11 is 3.41. The molecule has 0 aliphatic heterocycles. The zero-order chi connectivity index (χ0) is 13.4. The number of ether oxygens (including phenoxy) is 1. The highest BCUT2D eigenvalue weighted by Gasteiger charge is 2.40. The third-order valence-corrected chi connectivity index (χ3v) is 3.81. The van der Waals surface area contributed by atoms with Gasteiger partial charge in [-0.15, -0.1) is 5.10 Å². The second kappa shape index (κ2) is 5.07. The van der Waals surface area contributed by atoms with Crippen LogP contribution in [0, 0.1) is 0 Å². The van der Waals surface area contributed by atoms with E-state index in [1.165, 1.54) is 0 Å². The lowest BCUT2D eigenvalue weighted by atomic mass is 9.83. The summed E-state index contributed by atoms with van der Waals surface area (Å²) in [5, 5.41) is 7.64. The Morgan fingerprint density at radius 3 is 3.16 bits per heavy atom. The van der Waals surface area contributed by atoms with Crippen molar-refractivity contribution in [2.45, 2.75) is 31.5 Å². The maximum Gasteiger partial charge on any atom is 0.243 e. The summed E-state index contributed by atoms with van der Waals surface area (Å²) < 4.78 is 8.30. The van der Waals surface area contributed by atoms with E-state index in [9.17, 15) is 0 Å². The standard InChI is InChI=1S/C12H16BrN5O/c1-2-19-9-5-8(14)11(9)16-12-15-10-4-3-7(13)6-18(10)17-12/h3-4,6,8-9,11H,2,5,14H2,1H3,(H,16,17). The molecule has 0 radical (unpaired) electrons. The first-order valence-electron chi connectivity index (χ1n) is 6.33. The SMILES string of the molecule is CCOC1CC(N)C1Nc1nc2ccc(Br)cn2n1. The number of nitrogens with two attached hydrogens (primary N) is 1. The van der Waals surface area contributed by atoms with Crippen LogP contribution in [0.5, 0.6) is 0 Å². The fourth-order valence-corrected chi connectivity index (χ4v) is 2.62. The number of hydrogen-bond donors (Lipinski definition) is 2. The van der Waals surface area contributed by atoms with Gasteiger partial charge in [-0.05, 0) is 41.4 Å². The first-order chi connectivity index (χ1) is 9.17. The third-order valence-electron chi connectivity index (χ3n) is 3.34. The van der Waals surface area contributed by atoms with Crippen LogP contribution in [-0.4, -0.2) is 39.4 Å². The van der Waals surface area contributed by atoms with Gasteiger partial charge in [0, 0.05) is 23.3 Å². The molecule has 3 unspecified atom stereocenters. The molecule has 3 N–H and O–H groups in total. The number of hydrogen-bond acceptors (Lipinski definition) is 5. The van der Waals surface area contributed by atoms with E-state index < -0.39 is 0 Å². The van der Waals surface area contributed by atoms with Crippen molar-refractivity contribution >= 4 is 27.5 Å². The monoisotopic (exact) mass is 325 g/mol. The zero-order valence-corrected chi connectivity index (χ0v) is 12.2. The van der Waals surface area contributed by atoms with E-state index in [4.69, 9.17) is 10.5 Å². The van der Waals surface area contributed by atoms with Gasteiger partial charge in [-0.3, -0.25) is 0 Å². The minimum atomic E-state index is 0.0841. The lowest BCUT2D eigenvalue weighted by molar-refractivity contribution is -0.0128. The lowest BCUT2D eigenvalue weighted by Crippen LogP contribution is -2.60. The Hall–Kier alpha value is -1.18. The molecular weight excluding hydrogens is 310 g/mol. The van der Waals surface area contributed by atoms with Crippen molar-refractivity contribution in [1.29, 1.82) is 0 Å². The molecule has 3 atom stereocenters. The number of fused-ring (bicyclic) bond motifs is 1. The number of rotatable bonds is 4. The minimum Gasteiger partial charge on any atom is -0.376 e. The molecule has 0 saturated heterocycles. The zero-order valence-electron chi connectivity index (χ0n) is 10.6. The molecule has 6 nitrogen and oxygen atoms in total. The van der Waals surface area contributed by atoms with Crippen molar-refractivity contribution in [2.24, 2.45) is 5.73 Å². The van der Waals surface area contributed by atoms with Crippen LogP contribution in [0.1, 0.15) is 13.3 Å². The molecule has 0 spiro atoms. The quantitative estimate of drug-likeness (QED) is 0.888. The molecule has 3 rings (SSSR count). The highest BCUT2D eigenvalue weighted by Crippen LogP contribution is 2.25. The average Bonchev–Trinajstić information content (AvgIpc) is 2.77. The van der Waals surface area contributed by atoms with Gasteiger partial charge in [-0.25, -0.2) is 4.52 Å². The van der Waals surface area contributed by atoms with E-state index in [-0.39, 0.29) is 18.2 Å². The molecule has 2 aromatic rings. The Morgan fingerprint density at radius 2 is 2.42 bits per heavy atom. The molecule has 1 fully saturated rings. The first-order valence-corrected chi connectivity index (χ1v) is 7.12. The molecule has 1 aliphatic rings. The number of pyridine rings is 1. The van der Waals surface area contributed by atoms with Gasteiger partial charge in [-0.2, -0.15) is 4.98 Å². The van der Waals surface area contributed by atoms with Crippen LogP contribution >= 0.6 is 15.9 Å². The molecule has 7 heteroatoms. The van der Waals surface area contributed by atoms with E-state index in [1.54, 1.807) is 4.52 Å². The van der Waals surface area contributed by atoms with Gasteiger partial charge in [0.2, 0.25) is 5.95 Å². The molecule has 0 aromatic carbocycles.